The van der Waals surface area contributed by atoms with Crippen LogP contribution < -0.4 is 9.86 Å². The first-order valence-electron chi connectivity index (χ1n) is 4.89. The van der Waals surface area contributed by atoms with E-state index in [4.69, 9.17) is 5.14 Å². The first-order valence-corrected chi connectivity index (χ1v) is 8.74. The third-order valence-electron chi connectivity index (χ3n) is 2.12. The lowest BCUT2D eigenvalue weighted by Crippen LogP contribution is -2.23. The Bertz CT molecular complexity index is 761. The van der Waals surface area contributed by atoms with E-state index in [1.54, 1.807) is 0 Å². The fourth-order valence-corrected chi connectivity index (χ4v) is 3.97. The van der Waals surface area contributed by atoms with Gasteiger partial charge in [0, 0.05) is 11.4 Å². The zero-order chi connectivity index (χ0) is 14.1. The highest BCUT2D eigenvalue weighted by molar-refractivity contribution is 7.91. The molecule has 8 nitrogen and oxygen atoms in total. The number of hydrogen-bond donors (Lipinski definition) is 3. The summed E-state index contributed by atoms with van der Waals surface area (Å²) in [5.74, 6) is 0. The summed E-state index contributed by atoms with van der Waals surface area (Å²) in [6.45, 7) is -0.0263. The van der Waals surface area contributed by atoms with Crippen LogP contribution in [-0.4, -0.2) is 27.0 Å². The van der Waals surface area contributed by atoms with Gasteiger partial charge < -0.3 is 0 Å². The van der Waals surface area contributed by atoms with Gasteiger partial charge in [-0.15, -0.1) is 11.3 Å². The topological polar surface area (TPSA) is 135 Å². The number of hydrogen-bond acceptors (Lipinski definition) is 6. The van der Waals surface area contributed by atoms with E-state index in [0.717, 1.165) is 11.3 Å². The fourth-order valence-electron chi connectivity index (χ4n) is 1.24. The number of nitrogens with zero attached hydrogens (tertiary/aromatic N) is 1. The largest absolute Gasteiger partial charge is 0.266 e. The Kier molecular flexibility index (Phi) is 3.73. The highest BCUT2D eigenvalue weighted by atomic mass is 32.2. The highest BCUT2D eigenvalue weighted by Crippen LogP contribution is 2.20. The van der Waals surface area contributed by atoms with Crippen LogP contribution in [0.2, 0.25) is 0 Å². The minimum absolute atomic E-state index is 0.0109. The van der Waals surface area contributed by atoms with E-state index >= 15 is 0 Å². The molecule has 4 N–H and O–H groups in total. The van der Waals surface area contributed by atoms with Crippen molar-refractivity contribution in [3.05, 3.63) is 29.3 Å². The normalized spacial score (nSPS) is 12.7. The molecule has 0 saturated carbocycles. The predicted molar refractivity (Wildman–Crippen MR) is 68.3 cm³/mol. The van der Waals surface area contributed by atoms with Crippen molar-refractivity contribution in [1.82, 2.24) is 14.9 Å². The van der Waals surface area contributed by atoms with Crippen LogP contribution in [0.5, 0.6) is 0 Å². The maximum atomic E-state index is 11.7. The predicted octanol–water partition coefficient (Wildman–Crippen LogP) is -0.403. The Morgan fingerprint density at radius 2 is 2.00 bits per heavy atom. The van der Waals surface area contributed by atoms with Crippen molar-refractivity contribution in [3.63, 3.8) is 0 Å². The van der Waals surface area contributed by atoms with Gasteiger partial charge in [0.05, 0.1) is 6.20 Å². The zero-order valence-corrected chi connectivity index (χ0v) is 11.8. The quantitative estimate of drug-likeness (QED) is 0.688. The molecule has 0 aliphatic carbocycles. The lowest BCUT2D eigenvalue weighted by Gasteiger charge is -2.02. The van der Waals surface area contributed by atoms with Crippen molar-refractivity contribution in [2.24, 2.45) is 5.14 Å². The van der Waals surface area contributed by atoms with Gasteiger partial charge in [-0.25, -0.2) is 26.7 Å². The maximum absolute atomic E-state index is 11.7. The second-order valence-electron chi connectivity index (χ2n) is 3.51. The first-order chi connectivity index (χ1) is 8.79. The third kappa shape index (κ3) is 3.39. The molecule has 2 heterocycles. The van der Waals surface area contributed by atoms with E-state index in [2.05, 4.69) is 14.9 Å². The third-order valence-corrected chi connectivity index (χ3v) is 5.97. The highest BCUT2D eigenvalue weighted by Gasteiger charge is 2.16. The molecule has 0 aliphatic heterocycles. The Balaban J connectivity index is 2.10. The lowest BCUT2D eigenvalue weighted by atomic mass is 10.5. The van der Waals surface area contributed by atoms with Crippen LogP contribution in [0.15, 0.2) is 33.6 Å². The average molecular weight is 322 g/mol. The van der Waals surface area contributed by atoms with Crippen molar-refractivity contribution in [2.75, 3.05) is 0 Å². The van der Waals surface area contributed by atoms with Crippen molar-refractivity contribution in [3.8, 4) is 0 Å². The molecule has 0 radical (unpaired) electrons. The summed E-state index contributed by atoms with van der Waals surface area (Å²) in [7, 11) is -7.44. The second-order valence-corrected chi connectivity index (χ2v) is 8.20. The minimum Gasteiger partial charge on any atom is -0.266 e. The summed E-state index contributed by atoms with van der Waals surface area (Å²) in [5, 5.41) is 10.8. The Hall–Kier alpha value is -1.27. The van der Waals surface area contributed by atoms with Gasteiger partial charge >= 0.3 is 0 Å². The van der Waals surface area contributed by atoms with Gasteiger partial charge in [-0.05, 0) is 18.2 Å². The standard InChI is InChI=1S/C8H10N4O4S3/c9-18(13,14)8-2-1-6(17-8)5-11-19(15,16)7-3-4-10-12-7/h1-4,11H,5H2,(H,10,12)(H2,9,13,14). The number of rotatable bonds is 5. The van der Waals surface area contributed by atoms with Crippen LogP contribution in [0.1, 0.15) is 4.88 Å². The molecule has 11 heteroatoms. The molecule has 0 fully saturated rings. The van der Waals surface area contributed by atoms with E-state index in [1.807, 2.05) is 0 Å². The molecule has 0 spiro atoms. The average Bonchev–Trinajstić information content (AvgIpc) is 2.97. The summed E-state index contributed by atoms with van der Waals surface area (Å²) < 4.78 is 47.9. The zero-order valence-electron chi connectivity index (χ0n) is 9.40. The molecule has 0 bridgehead atoms. The molecule has 0 aliphatic rings. The van der Waals surface area contributed by atoms with Crippen LogP contribution in [0.4, 0.5) is 0 Å². The molecule has 19 heavy (non-hydrogen) atoms. The van der Waals surface area contributed by atoms with Crippen molar-refractivity contribution >= 4 is 31.4 Å². The molecular weight excluding hydrogens is 312 g/mol. The van der Waals surface area contributed by atoms with Crippen molar-refractivity contribution < 1.29 is 16.8 Å². The van der Waals surface area contributed by atoms with E-state index in [-0.39, 0.29) is 15.8 Å². The summed E-state index contributed by atoms with van der Waals surface area (Å²) in [4.78, 5) is 0.534. The monoisotopic (exact) mass is 322 g/mol. The number of nitrogens with one attached hydrogen (secondary N) is 2. The van der Waals surface area contributed by atoms with E-state index in [9.17, 15) is 16.8 Å². The molecule has 0 amide bonds. The van der Waals surface area contributed by atoms with Crippen LogP contribution in [0.3, 0.4) is 0 Å². The van der Waals surface area contributed by atoms with Gasteiger partial charge in [0.25, 0.3) is 10.0 Å². The van der Waals surface area contributed by atoms with Crippen molar-refractivity contribution in [1.29, 1.82) is 0 Å². The number of aromatic amines is 1. The number of H-pyrrole nitrogens is 1. The summed E-state index contributed by atoms with van der Waals surface area (Å²) in [6.07, 6.45) is 1.32. The first kappa shape index (κ1) is 14.1. The van der Waals surface area contributed by atoms with E-state index in [1.165, 1.54) is 24.4 Å². The van der Waals surface area contributed by atoms with Gasteiger partial charge in [0.2, 0.25) is 10.0 Å². The lowest BCUT2D eigenvalue weighted by molar-refractivity contribution is 0.577. The number of thiophene rings is 1. The Labute approximate surface area is 113 Å². The van der Waals surface area contributed by atoms with E-state index < -0.39 is 20.0 Å². The van der Waals surface area contributed by atoms with Gasteiger partial charge in [-0.1, -0.05) is 0 Å². The van der Waals surface area contributed by atoms with Gasteiger partial charge in [0.15, 0.2) is 5.03 Å². The SMILES string of the molecule is NS(=O)(=O)c1ccc(CNS(=O)(=O)c2ccn[nH]2)s1. The van der Waals surface area contributed by atoms with Gasteiger partial charge in [-0.2, -0.15) is 5.10 Å². The van der Waals surface area contributed by atoms with Gasteiger partial charge in [-0.3, -0.25) is 5.10 Å². The van der Waals surface area contributed by atoms with Crippen molar-refractivity contribution in [2.45, 2.75) is 15.8 Å². The van der Waals surface area contributed by atoms with Gasteiger partial charge in [0.1, 0.15) is 4.21 Å². The molecule has 0 atom stereocenters. The smallest absolute Gasteiger partial charge is 0.257 e. The molecule has 2 aromatic rings. The number of sulfonamides is 2. The molecule has 0 unspecified atom stereocenters. The second kappa shape index (κ2) is 5.02. The summed E-state index contributed by atoms with van der Waals surface area (Å²) >= 11 is 0.912. The molecule has 0 saturated heterocycles. The summed E-state index contributed by atoms with van der Waals surface area (Å²) in [6, 6.07) is 4.15. The Morgan fingerprint density at radius 1 is 1.26 bits per heavy atom. The fraction of sp³-hybridized carbons (Fsp3) is 0.125. The minimum atomic E-state index is -3.75. The molecule has 2 rings (SSSR count). The molecule has 2 aromatic heterocycles. The number of nitrogens with two attached hydrogens (primary N) is 1. The van der Waals surface area contributed by atoms with Crippen LogP contribution in [0.25, 0.3) is 0 Å². The van der Waals surface area contributed by atoms with Crippen LogP contribution in [-0.2, 0) is 26.6 Å². The van der Waals surface area contributed by atoms with Crippen LogP contribution >= 0.6 is 11.3 Å². The Morgan fingerprint density at radius 3 is 2.53 bits per heavy atom. The molecule has 0 aromatic carbocycles. The molecule has 104 valence electrons. The van der Waals surface area contributed by atoms with Crippen LogP contribution in [0, 0.1) is 0 Å². The summed E-state index contributed by atoms with van der Waals surface area (Å²) in [5.41, 5.74) is 0. The molecular formula is C8H10N4O4S3. The van der Waals surface area contributed by atoms with E-state index in [0.29, 0.717) is 4.88 Å². The number of primary sulfonamides is 1. The number of aromatic nitrogens is 2. The maximum Gasteiger partial charge on any atom is 0.257 e.